The number of hydrazone groups is 1. The van der Waals surface area contributed by atoms with E-state index in [0.717, 1.165) is 17.7 Å². The van der Waals surface area contributed by atoms with Crippen molar-refractivity contribution >= 4 is 17.6 Å². The Bertz CT molecular complexity index is 637. The Morgan fingerprint density at radius 2 is 1.86 bits per heavy atom. The maximum Gasteiger partial charge on any atom is 0.269 e. The summed E-state index contributed by atoms with van der Waals surface area (Å²) in [6, 6.07) is 13.7. The molecule has 0 amide bonds. The van der Waals surface area contributed by atoms with Crippen molar-refractivity contribution in [2.75, 3.05) is 12.0 Å². The average Bonchev–Trinajstić information content (AvgIpc) is 2.54. The van der Waals surface area contributed by atoms with Crippen LogP contribution >= 0.6 is 0 Å². The normalized spacial score (nSPS) is 10.6. The van der Waals surface area contributed by atoms with Crippen LogP contribution in [0.1, 0.15) is 18.9 Å². The summed E-state index contributed by atoms with van der Waals surface area (Å²) in [4.78, 5) is 10.1. The van der Waals surface area contributed by atoms with Crippen LogP contribution in [0.5, 0.6) is 5.75 Å². The highest BCUT2D eigenvalue weighted by atomic mass is 16.6. The predicted molar refractivity (Wildman–Crippen MR) is 86.5 cm³/mol. The van der Waals surface area contributed by atoms with E-state index >= 15 is 0 Å². The van der Waals surface area contributed by atoms with Gasteiger partial charge >= 0.3 is 0 Å². The van der Waals surface area contributed by atoms with Crippen LogP contribution in [0.2, 0.25) is 0 Å². The Balaban J connectivity index is 1.90. The zero-order valence-electron chi connectivity index (χ0n) is 12.2. The average molecular weight is 299 g/mol. The van der Waals surface area contributed by atoms with Crippen molar-refractivity contribution in [1.82, 2.24) is 0 Å². The minimum Gasteiger partial charge on any atom is -0.494 e. The van der Waals surface area contributed by atoms with Gasteiger partial charge in [0.25, 0.3) is 5.69 Å². The van der Waals surface area contributed by atoms with Gasteiger partial charge in [0.15, 0.2) is 0 Å². The number of non-ortho nitro benzene ring substituents is 1. The van der Waals surface area contributed by atoms with Gasteiger partial charge in [0.2, 0.25) is 0 Å². The number of nitro groups is 1. The summed E-state index contributed by atoms with van der Waals surface area (Å²) < 4.78 is 5.50. The second-order valence-corrected chi connectivity index (χ2v) is 4.59. The Hall–Kier alpha value is -2.89. The molecular weight excluding hydrogens is 282 g/mol. The highest BCUT2D eigenvalue weighted by Gasteiger charge is 2.02. The first-order chi connectivity index (χ1) is 10.7. The number of hydrogen-bond donors (Lipinski definition) is 1. The van der Waals surface area contributed by atoms with Gasteiger partial charge in [-0.3, -0.25) is 15.5 Å². The molecule has 0 radical (unpaired) electrons. The molecule has 2 aromatic rings. The van der Waals surface area contributed by atoms with Crippen molar-refractivity contribution in [3.63, 3.8) is 0 Å². The van der Waals surface area contributed by atoms with Gasteiger partial charge in [0, 0.05) is 12.1 Å². The number of nitrogens with zero attached hydrogens (tertiary/aromatic N) is 2. The quantitative estimate of drug-likeness (QED) is 0.479. The SMILES string of the molecule is CCCOc1ccc(/C=N/Nc2ccc([N+](=O)[O-])cc2)cc1. The summed E-state index contributed by atoms with van der Waals surface area (Å²) in [5.41, 5.74) is 4.49. The van der Waals surface area contributed by atoms with Crippen LogP contribution in [0.3, 0.4) is 0 Å². The molecule has 0 saturated heterocycles. The fourth-order valence-corrected chi connectivity index (χ4v) is 1.71. The molecule has 0 fully saturated rings. The fourth-order valence-electron chi connectivity index (χ4n) is 1.71. The molecule has 0 aliphatic heterocycles. The lowest BCUT2D eigenvalue weighted by atomic mass is 10.2. The summed E-state index contributed by atoms with van der Waals surface area (Å²) in [5.74, 6) is 0.835. The Labute approximate surface area is 128 Å². The fraction of sp³-hybridized carbons (Fsp3) is 0.188. The first kappa shape index (κ1) is 15.5. The zero-order valence-corrected chi connectivity index (χ0v) is 12.2. The first-order valence-corrected chi connectivity index (χ1v) is 6.95. The molecule has 0 saturated carbocycles. The number of nitro benzene ring substituents is 1. The molecule has 6 nitrogen and oxygen atoms in total. The monoisotopic (exact) mass is 299 g/mol. The van der Waals surface area contributed by atoms with E-state index in [1.54, 1.807) is 18.3 Å². The molecule has 0 aromatic heterocycles. The Morgan fingerprint density at radius 1 is 1.18 bits per heavy atom. The summed E-state index contributed by atoms with van der Waals surface area (Å²) in [5, 5.41) is 14.6. The van der Waals surface area contributed by atoms with E-state index < -0.39 is 4.92 Å². The highest BCUT2D eigenvalue weighted by Crippen LogP contribution is 2.15. The van der Waals surface area contributed by atoms with Crippen LogP contribution in [0.4, 0.5) is 11.4 Å². The molecule has 0 spiro atoms. The van der Waals surface area contributed by atoms with Gasteiger partial charge in [-0.15, -0.1) is 0 Å². The molecule has 6 heteroatoms. The number of ether oxygens (including phenoxy) is 1. The second kappa shape index (κ2) is 7.78. The number of rotatable bonds is 7. The summed E-state index contributed by atoms with van der Waals surface area (Å²) in [6.07, 6.45) is 2.65. The molecule has 1 N–H and O–H groups in total. The lowest BCUT2D eigenvalue weighted by Crippen LogP contribution is -1.95. The lowest BCUT2D eigenvalue weighted by molar-refractivity contribution is -0.384. The van der Waals surface area contributed by atoms with Crippen molar-refractivity contribution in [2.45, 2.75) is 13.3 Å². The maximum atomic E-state index is 10.5. The largest absolute Gasteiger partial charge is 0.494 e. The van der Waals surface area contributed by atoms with Crippen molar-refractivity contribution in [3.05, 3.63) is 64.2 Å². The van der Waals surface area contributed by atoms with E-state index in [0.29, 0.717) is 12.3 Å². The Morgan fingerprint density at radius 3 is 2.45 bits per heavy atom. The molecule has 0 heterocycles. The third kappa shape index (κ3) is 4.59. The van der Waals surface area contributed by atoms with Gasteiger partial charge in [0.1, 0.15) is 5.75 Å². The predicted octanol–water partition coefficient (Wildman–Crippen LogP) is 3.83. The minimum atomic E-state index is -0.435. The van der Waals surface area contributed by atoms with Crippen LogP contribution in [0.25, 0.3) is 0 Å². The number of nitrogens with one attached hydrogen (secondary N) is 1. The molecule has 2 rings (SSSR count). The van der Waals surface area contributed by atoms with Gasteiger partial charge in [0.05, 0.1) is 23.4 Å². The maximum absolute atomic E-state index is 10.5. The van der Waals surface area contributed by atoms with Gasteiger partial charge in [-0.2, -0.15) is 5.10 Å². The van der Waals surface area contributed by atoms with Crippen LogP contribution in [0.15, 0.2) is 53.6 Å². The van der Waals surface area contributed by atoms with E-state index in [2.05, 4.69) is 17.5 Å². The second-order valence-electron chi connectivity index (χ2n) is 4.59. The molecule has 0 aliphatic carbocycles. The van der Waals surface area contributed by atoms with Gasteiger partial charge in [-0.25, -0.2) is 0 Å². The molecule has 114 valence electrons. The topological polar surface area (TPSA) is 76.8 Å². The van der Waals surface area contributed by atoms with Crippen molar-refractivity contribution in [3.8, 4) is 5.75 Å². The van der Waals surface area contributed by atoms with E-state index in [9.17, 15) is 10.1 Å². The molecule has 22 heavy (non-hydrogen) atoms. The van der Waals surface area contributed by atoms with Crippen LogP contribution in [0, 0.1) is 10.1 Å². The standard InChI is InChI=1S/C16H17N3O3/c1-2-11-22-16-9-3-13(4-10-16)12-17-18-14-5-7-15(8-6-14)19(20)21/h3-10,12,18H,2,11H2,1H3/b17-12+. The highest BCUT2D eigenvalue weighted by molar-refractivity contribution is 5.80. The van der Waals surface area contributed by atoms with Crippen molar-refractivity contribution in [1.29, 1.82) is 0 Å². The van der Waals surface area contributed by atoms with E-state index in [-0.39, 0.29) is 5.69 Å². The van der Waals surface area contributed by atoms with Crippen LogP contribution in [-0.4, -0.2) is 17.7 Å². The Kier molecular flexibility index (Phi) is 5.48. The molecule has 0 bridgehead atoms. The van der Waals surface area contributed by atoms with E-state index in [1.165, 1.54) is 12.1 Å². The molecule has 0 aliphatic rings. The third-order valence-corrected chi connectivity index (χ3v) is 2.84. The van der Waals surface area contributed by atoms with Crippen molar-refractivity contribution < 1.29 is 9.66 Å². The third-order valence-electron chi connectivity index (χ3n) is 2.84. The summed E-state index contributed by atoms with van der Waals surface area (Å²) in [7, 11) is 0. The number of hydrogen-bond acceptors (Lipinski definition) is 5. The van der Waals surface area contributed by atoms with Gasteiger partial charge in [-0.1, -0.05) is 6.92 Å². The van der Waals surface area contributed by atoms with E-state index in [4.69, 9.17) is 4.74 Å². The molecule has 2 aromatic carbocycles. The van der Waals surface area contributed by atoms with Crippen LogP contribution in [-0.2, 0) is 0 Å². The zero-order chi connectivity index (χ0) is 15.8. The van der Waals surface area contributed by atoms with Gasteiger partial charge in [-0.05, 0) is 48.4 Å². The minimum absolute atomic E-state index is 0.0530. The summed E-state index contributed by atoms with van der Waals surface area (Å²) >= 11 is 0. The first-order valence-electron chi connectivity index (χ1n) is 6.95. The summed E-state index contributed by atoms with van der Waals surface area (Å²) in [6.45, 7) is 2.76. The van der Waals surface area contributed by atoms with Crippen LogP contribution < -0.4 is 10.2 Å². The number of anilines is 1. The molecule has 0 atom stereocenters. The van der Waals surface area contributed by atoms with E-state index in [1.807, 2.05) is 24.3 Å². The van der Waals surface area contributed by atoms with Gasteiger partial charge < -0.3 is 4.74 Å². The molecule has 0 unspecified atom stereocenters. The number of benzene rings is 2. The smallest absolute Gasteiger partial charge is 0.269 e. The lowest BCUT2D eigenvalue weighted by Gasteiger charge is -2.04. The molecular formula is C16H17N3O3. The van der Waals surface area contributed by atoms with Crippen molar-refractivity contribution in [2.24, 2.45) is 5.10 Å².